The van der Waals surface area contributed by atoms with Gasteiger partial charge >= 0.3 is 6.18 Å². The summed E-state index contributed by atoms with van der Waals surface area (Å²) in [6.07, 6.45) is -7.46. The number of ether oxygens (including phenoxy) is 1. The molecule has 1 aromatic carbocycles. The molecular weight excluding hydrogens is 249 g/mol. The number of methoxy groups -OCH3 is 1. The van der Waals surface area contributed by atoms with E-state index in [0.29, 0.717) is 5.75 Å². The zero-order valence-electron chi connectivity index (χ0n) is 9.86. The minimum Gasteiger partial charge on any atom is -0.497 e. The van der Waals surface area contributed by atoms with Gasteiger partial charge in [0.2, 0.25) is 0 Å². The van der Waals surface area contributed by atoms with E-state index in [2.05, 4.69) is 0 Å². The molecule has 0 fully saturated rings. The number of aliphatic hydroxyl groups excluding tert-OH is 1. The van der Waals surface area contributed by atoms with Gasteiger partial charge in [-0.15, -0.1) is 0 Å². The van der Waals surface area contributed by atoms with Crippen molar-refractivity contribution in [2.75, 3.05) is 7.11 Å². The first-order chi connectivity index (χ1) is 8.27. The van der Waals surface area contributed by atoms with Gasteiger partial charge in [-0.2, -0.15) is 13.2 Å². The van der Waals surface area contributed by atoms with E-state index in [1.807, 2.05) is 0 Å². The van der Waals surface area contributed by atoms with Gasteiger partial charge in [0.1, 0.15) is 5.75 Å². The number of benzene rings is 1. The maximum atomic E-state index is 12.3. The Morgan fingerprint density at radius 1 is 1.28 bits per heavy atom. The largest absolute Gasteiger partial charge is 0.497 e. The molecule has 2 atom stereocenters. The Kier molecular flexibility index (Phi) is 4.34. The van der Waals surface area contributed by atoms with Gasteiger partial charge in [0.15, 0.2) is 11.9 Å². The van der Waals surface area contributed by atoms with Crippen LogP contribution in [0.25, 0.3) is 0 Å². The third-order valence-corrected chi connectivity index (χ3v) is 2.60. The highest BCUT2D eigenvalue weighted by molar-refractivity contribution is 5.98. The molecule has 6 heteroatoms. The molecule has 18 heavy (non-hydrogen) atoms. The maximum absolute atomic E-state index is 12.3. The Morgan fingerprint density at radius 2 is 1.78 bits per heavy atom. The highest BCUT2D eigenvalue weighted by atomic mass is 19.4. The summed E-state index contributed by atoms with van der Waals surface area (Å²) in [5.74, 6) is -1.81. The number of rotatable bonds is 4. The van der Waals surface area contributed by atoms with Gasteiger partial charge in [0, 0.05) is 5.56 Å². The maximum Gasteiger partial charge on any atom is 0.415 e. The minimum absolute atomic E-state index is 0.103. The van der Waals surface area contributed by atoms with Gasteiger partial charge in [0.25, 0.3) is 0 Å². The molecule has 0 aliphatic heterocycles. The van der Waals surface area contributed by atoms with Gasteiger partial charge < -0.3 is 9.84 Å². The van der Waals surface area contributed by atoms with Crippen molar-refractivity contribution in [2.45, 2.75) is 19.2 Å². The van der Waals surface area contributed by atoms with Crippen LogP contribution < -0.4 is 4.74 Å². The molecule has 1 N–H and O–H groups in total. The molecule has 1 aromatic rings. The Balaban J connectivity index is 2.86. The van der Waals surface area contributed by atoms with Crippen molar-refractivity contribution < 1.29 is 27.8 Å². The lowest BCUT2D eigenvalue weighted by Crippen LogP contribution is -2.38. The van der Waals surface area contributed by atoms with Gasteiger partial charge in [-0.3, -0.25) is 4.79 Å². The van der Waals surface area contributed by atoms with Crippen LogP contribution in [0.5, 0.6) is 5.75 Å². The average molecular weight is 262 g/mol. The SMILES string of the molecule is COc1ccc(C(=O)[C@@H](C)[C@H](O)C(F)(F)F)cc1. The van der Waals surface area contributed by atoms with Crippen LogP contribution in [0, 0.1) is 5.92 Å². The second-order valence-corrected chi connectivity index (χ2v) is 3.87. The first kappa shape index (κ1) is 14.5. The minimum atomic E-state index is -4.80. The average Bonchev–Trinajstić information content (AvgIpc) is 2.35. The lowest BCUT2D eigenvalue weighted by Gasteiger charge is -2.20. The van der Waals surface area contributed by atoms with E-state index < -0.39 is 24.0 Å². The van der Waals surface area contributed by atoms with E-state index in [4.69, 9.17) is 9.84 Å². The van der Waals surface area contributed by atoms with Crippen molar-refractivity contribution in [1.29, 1.82) is 0 Å². The number of hydrogen-bond donors (Lipinski definition) is 1. The van der Waals surface area contributed by atoms with Crippen LogP contribution in [-0.4, -0.2) is 30.3 Å². The first-order valence-electron chi connectivity index (χ1n) is 5.20. The molecule has 0 amide bonds. The molecule has 3 nitrogen and oxygen atoms in total. The van der Waals surface area contributed by atoms with Gasteiger partial charge in [-0.1, -0.05) is 6.92 Å². The molecule has 0 aliphatic rings. The number of ketones is 1. The number of halogens is 3. The summed E-state index contributed by atoms with van der Waals surface area (Å²) >= 11 is 0. The zero-order chi connectivity index (χ0) is 13.9. The van der Waals surface area contributed by atoms with Gasteiger partial charge in [0.05, 0.1) is 13.0 Å². The Labute approximate surface area is 102 Å². The molecule has 1 rings (SSSR count). The molecule has 0 aromatic heterocycles. The number of Topliss-reactive ketones (excluding diaryl/α,β-unsaturated/α-hetero) is 1. The highest BCUT2D eigenvalue weighted by Gasteiger charge is 2.44. The summed E-state index contributed by atoms with van der Waals surface area (Å²) < 4.78 is 41.7. The molecule has 0 aliphatic carbocycles. The monoisotopic (exact) mass is 262 g/mol. The molecule has 0 radical (unpaired) electrons. The molecule has 0 spiro atoms. The standard InChI is InChI=1S/C12H13F3O3/c1-7(11(17)12(13,14)15)10(16)8-3-5-9(18-2)6-4-8/h3-7,11,17H,1-2H3/t7-,11+/m1/s1. The van der Waals surface area contributed by atoms with E-state index in [-0.39, 0.29) is 5.56 Å². The van der Waals surface area contributed by atoms with Crippen LogP contribution >= 0.6 is 0 Å². The second-order valence-electron chi connectivity index (χ2n) is 3.87. The first-order valence-corrected chi connectivity index (χ1v) is 5.20. The van der Waals surface area contributed by atoms with E-state index >= 15 is 0 Å². The smallest absolute Gasteiger partial charge is 0.415 e. The van der Waals surface area contributed by atoms with Crippen molar-refractivity contribution in [2.24, 2.45) is 5.92 Å². The highest BCUT2D eigenvalue weighted by Crippen LogP contribution is 2.27. The fraction of sp³-hybridized carbons (Fsp3) is 0.417. The molecule has 0 saturated heterocycles. The second kappa shape index (κ2) is 5.39. The van der Waals surface area contributed by atoms with Gasteiger partial charge in [-0.25, -0.2) is 0 Å². The van der Waals surface area contributed by atoms with Crippen molar-refractivity contribution in [1.82, 2.24) is 0 Å². The van der Waals surface area contributed by atoms with Crippen LogP contribution in [0.2, 0.25) is 0 Å². The molecular formula is C12H13F3O3. The zero-order valence-corrected chi connectivity index (χ0v) is 9.86. The number of aliphatic hydroxyl groups is 1. The number of hydrogen-bond acceptors (Lipinski definition) is 3. The van der Waals surface area contributed by atoms with Crippen molar-refractivity contribution in [3.05, 3.63) is 29.8 Å². The van der Waals surface area contributed by atoms with Crippen molar-refractivity contribution in [3.8, 4) is 5.75 Å². The van der Waals surface area contributed by atoms with Crippen molar-refractivity contribution in [3.63, 3.8) is 0 Å². The molecule has 0 unspecified atom stereocenters. The molecule has 0 heterocycles. The van der Waals surface area contributed by atoms with E-state index in [1.165, 1.54) is 31.4 Å². The number of carbonyl (C=O) groups is 1. The molecule has 0 saturated carbocycles. The van der Waals surface area contributed by atoms with E-state index in [1.54, 1.807) is 0 Å². The fourth-order valence-electron chi connectivity index (χ4n) is 1.45. The quantitative estimate of drug-likeness (QED) is 0.848. The predicted molar refractivity (Wildman–Crippen MR) is 58.6 cm³/mol. The van der Waals surface area contributed by atoms with E-state index in [9.17, 15) is 18.0 Å². The molecule has 0 bridgehead atoms. The normalized spacial score (nSPS) is 15.0. The Bertz CT molecular complexity index is 412. The van der Waals surface area contributed by atoms with Crippen LogP contribution in [0.15, 0.2) is 24.3 Å². The van der Waals surface area contributed by atoms with Crippen LogP contribution in [0.4, 0.5) is 13.2 Å². The predicted octanol–water partition coefficient (Wildman–Crippen LogP) is 2.44. The van der Waals surface area contributed by atoms with Crippen LogP contribution in [0.3, 0.4) is 0 Å². The number of carbonyl (C=O) groups excluding carboxylic acids is 1. The van der Waals surface area contributed by atoms with Crippen LogP contribution in [-0.2, 0) is 0 Å². The Morgan fingerprint density at radius 3 is 2.17 bits per heavy atom. The van der Waals surface area contributed by atoms with E-state index in [0.717, 1.165) is 6.92 Å². The summed E-state index contributed by atoms with van der Waals surface area (Å²) in [4.78, 5) is 11.7. The topological polar surface area (TPSA) is 46.5 Å². The lowest BCUT2D eigenvalue weighted by atomic mass is 9.94. The number of alkyl halides is 3. The Hall–Kier alpha value is -1.56. The summed E-state index contributed by atoms with van der Waals surface area (Å²) in [7, 11) is 1.44. The molecule has 100 valence electrons. The fourth-order valence-corrected chi connectivity index (χ4v) is 1.45. The van der Waals surface area contributed by atoms with Gasteiger partial charge in [-0.05, 0) is 24.3 Å². The van der Waals surface area contributed by atoms with Crippen LogP contribution in [0.1, 0.15) is 17.3 Å². The lowest BCUT2D eigenvalue weighted by molar-refractivity contribution is -0.212. The van der Waals surface area contributed by atoms with Crippen molar-refractivity contribution >= 4 is 5.78 Å². The third-order valence-electron chi connectivity index (χ3n) is 2.60. The summed E-state index contributed by atoms with van der Waals surface area (Å²) in [5.41, 5.74) is 0.103. The summed E-state index contributed by atoms with van der Waals surface area (Å²) in [6, 6.07) is 5.67. The third kappa shape index (κ3) is 3.22. The summed E-state index contributed by atoms with van der Waals surface area (Å²) in [5, 5.41) is 9.02. The summed E-state index contributed by atoms with van der Waals surface area (Å²) in [6.45, 7) is 1.05.